The van der Waals surface area contributed by atoms with E-state index in [9.17, 15) is 4.79 Å². The molecule has 0 heterocycles. The third-order valence-electron chi connectivity index (χ3n) is 2.15. The van der Waals surface area contributed by atoms with E-state index < -0.39 is 0 Å². The number of hydrogen-bond acceptors (Lipinski definition) is 2. The van der Waals surface area contributed by atoms with Crippen LogP contribution in [0.15, 0.2) is 0 Å². The molecule has 0 rings (SSSR count). The van der Waals surface area contributed by atoms with Crippen molar-refractivity contribution in [2.45, 2.75) is 41.0 Å². The fraction of sp³-hybridized carbons (Fsp3) is 0.909. The molecule has 1 atom stereocenters. The van der Waals surface area contributed by atoms with Gasteiger partial charge in [0.1, 0.15) is 5.78 Å². The highest BCUT2D eigenvalue weighted by molar-refractivity contribution is 5.86. The van der Waals surface area contributed by atoms with Crippen molar-refractivity contribution < 1.29 is 4.79 Å². The highest BCUT2D eigenvalue weighted by Crippen LogP contribution is 2.23. The van der Waals surface area contributed by atoms with Gasteiger partial charge in [0.2, 0.25) is 0 Å². The Morgan fingerprint density at radius 1 is 1.31 bits per heavy atom. The maximum absolute atomic E-state index is 11.9. The molecular weight excluding hydrogens is 162 g/mol. The topological polar surface area (TPSA) is 43.1 Å². The summed E-state index contributed by atoms with van der Waals surface area (Å²) < 4.78 is 0. The van der Waals surface area contributed by atoms with Gasteiger partial charge in [-0.2, -0.15) is 0 Å². The molecule has 13 heavy (non-hydrogen) atoms. The zero-order valence-corrected chi connectivity index (χ0v) is 9.55. The minimum atomic E-state index is -0.251. The van der Waals surface area contributed by atoms with Crippen molar-refractivity contribution in [1.29, 1.82) is 0 Å². The van der Waals surface area contributed by atoms with Gasteiger partial charge in [0, 0.05) is 17.9 Å². The second kappa shape index (κ2) is 4.75. The predicted octanol–water partition coefficient (Wildman–Crippen LogP) is 2.22. The van der Waals surface area contributed by atoms with Crippen molar-refractivity contribution in [1.82, 2.24) is 0 Å². The summed E-state index contributed by atoms with van der Waals surface area (Å²) in [5.74, 6) is 0.878. The molecule has 78 valence electrons. The lowest BCUT2D eigenvalue weighted by atomic mass is 9.80. The summed E-state index contributed by atoms with van der Waals surface area (Å²) in [6.07, 6.45) is 0.909. The molecule has 0 saturated carbocycles. The Hall–Kier alpha value is -0.370. The Morgan fingerprint density at radius 3 is 2.00 bits per heavy atom. The van der Waals surface area contributed by atoms with E-state index in [1.807, 2.05) is 20.8 Å². The molecule has 0 amide bonds. The van der Waals surface area contributed by atoms with Crippen molar-refractivity contribution in [3.05, 3.63) is 0 Å². The van der Waals surface area contributed by atoms with E-state index >= 15 is 0 Å². The van der Waals surface area contributed by atoms with Gasteiger partial charge in [-0.15, -0.1) is 0 Å². The first-order valence-corrected chi connectivity index (χ1v) is 5.03. The van der Waals surface area contributed by atoms with Crippen LogP contribution in [0.25, 0.3) is 0 Å². The largest absolute Gasteiger partial charge is 0.330 e. The molecule has 0 spiro atoms. The van der Waals surface area contributed by atoms with E-state index in [4.69, 9.17) is 5.73 Å². The van der Waals surface area contributed by atoms with Crippen molar-refractivity contribution >= 4 is 5.78 Å². The smallest absolute Gasteiger partial charge is 0.142 e. The standard InChI is InChI=1S/C11H23NO/c1-8(2)6-9(7-12)10(13)11(3,4)5/h8-9H,6-7,12H2,1-5H3. The molecule has 1 unspecified atom stereocenters. The van der Waals surface area contributed by atoms with Crippen LogP contribution < -0.4 is 5.73 Å². The van der Waals surface area contributed by atoms with Crippen LogP contribution in [-0.2, 0) is 4.79 Å². The number of hydrogen-bond donors (Lipinski definition) is 1. The first-order chi connectivity index (χ1) is 5.79. The molecule has 0 aromatic heterocycles. The summed E-state index contributed by atoms with van der Waals surface area (Å²) >= 11 is 0. The van der Waals surface area contributed by atoms with E-state index in [1.165, 1.54) is 0 Å². The molecule has 2 nitrogen and oxygen atoms in total. The lowest BCUT2D eigenvalue weighted by Crippen LogP contribution is -2.34. The molecular formula is C11H23NO. The summed E-state index contributed by atoms with van der Waals surface area (Å²) in [5.41, 5.74) is 5.35. The van der Waals surface area contributed by atoms with Crippen LogP contribution >= 0.6 is 0 Å². The third kappa shape index (κ3) is 4.41. The van der Waals surface area contributed by atoms with Crippen molar-refractivity contribution in [2.24, 2.45) is 23.0 Å². The maximum Gasteiger partial charge on any atom is 0.142 e. The third-order valence-corrected chi connectivity index (χ3v) is 2.15. The van der Waals surface area contributed by atoms with Crippen LogP contribution in [0.5, 0.6) is 0 Å². The first kappa shape index (κ1) is 12.6. The van der Waals surface area contributed by atoms with Gasteiger partial charge >= 0.3 is 0 Å². The monoisotopic (exact) mass is 185 g/mol. The van der Waals surface area contributed by atoms with Gasteiger partial charge in [-0.25, -0.2) is 0 Å². The van der Waals surface area contributed by atoms with Crippen molar-refractivity contribution in [3.8, 4) is 0 Å². The van der Waals surface area contributed by atoms with Gasteiger partial charge in [0.25, 0.3) is 0 Å². The maximum atomic E-state index is 11.9. The molecule has 0 bridgehead atoms. The lowest BCUT2D eigenvalue weighted by Gasteiger charge is -2.24. The Bertz CT molecular complexity index is 167. The summed E-state index contributed by atoms with van der Waals surface area (Å²) in [6.45, 7) is 10.6. The highest BCUT2D eigenvalue weighted by atomic mass is 16.1. The fourth-order valence-electron chi connectivity index (χ4n) is 1.49. The molecule has 0 aliphatic heterocycles. The van der Waals surface area contributed by atoms with Gasteiger partial charge in [-0.1, -0.05) is 34.6 Å². The van der Waals surface area contributed by atoms with Crippen molar-refractivity contribution in [2.75, 3.05) is 6.54 Å². The van der Waals surface area contributed by atoms with Gasteiger partial charge in [-0.3, -0.25) is 4.79 Å². The van der Waals surface area contributed by atoms with Crippen LogP contribution in [0.1, 0.15) is 41.0 Å². The zero-order valence-electron chi connectivity index (χ0n) is 9.55. The van der Waals surface area contributed by atoms with E-state index in [2.05, 4.69) is 13.8 Å². The van der Waals surface area contributed by atoms with E-state index in [0.717, 1.165) is 6.42 Å². The van der Waals surface area contributed by atoms with Gasteiger partial charge in [-0.05, 0) is 12.3 Å². The van der Waals surface area contributed by atoms with E-state index in [-0.39, 0.29) is 11.3 Å². The minimum absolute atomic E-state index is 0.0417. The average molecular weight is 185 g/mol. The first-order valence-electron chi connectivity index (χ1n) is 5.03. The number of nitrogens with two attached hydrogens (primary N) is 1. The number of rotatable bonds is 4. The molecule has 0 fully saturated rings. The number of carbonyl (C=O) groups is 1. The molecule has 2 heteroatoms. The second-order valence-corrected chi connectivity index (χ2v) is 5.18. The van der Waals surface area contributed by atoms with Gasteiger partial charge < -0.3 is 5.73 Å². The summed E-state index contributed by atoms with van der Waals surface area (Å²) in [6, 6.07) is 0. The minimum Gasteiger partial charge on any atom is -0.330 e. The Balaban J connectivity index is 4.33. The normalized spacial score (nSPS) is 14.7. The van der Waals surface area contributed by atoms with Gasteiger partial charge in [0.05, 0.1) is 0 Å². The van der Waals surface area contributed by atoms with Crippen LogP contribution in [0.2, 0.25) is 0 Å². The zero-order chi connectivity index (χ0) is 10.6. The highest BCUT2D eigenvalue weighted by Gasteiger charge is 2.28. The van der Waals surface area contributed by atoms with Crippen LogP contribution in [0.3, 0.4) is 0 Å². The SMILES string of the molecule is CC(C)CC(CN)C(=O)C(C)(C)C. The molecule has 0 aliphatic rings. The Morgan fingerprint density at radius 2 is 1.77 bits per heavy atom. The predicted molar refractivity (Wildman–Crippen MR) is 56.5 cm³/mol. The number of ketones is 1. The molecule has 0 saturated heterocycles. The lowest BCUT2D eigenvalue weighted by molar-refractivity contribution is -0.130. The molecule has 2 N–H and O–H groups in total. The second-order valence-electron chi connectivity index (χ2n) is 5.18. The number of carbonyl (C=O) groups excluding carboxylic acids is 1. The molecule has 0 aromatic carbocycles. The summed E-state index contributed by atoms with van der Waals surface area (Å²) in [5, 5.41) is 0. The fourth-order valence-corrected chi connectivity index (χ4v) is 1.49. The van der Waals surface area contributed by atoms with Gasteiger partial charge in [0.15, 0.2) is 0 Å². The average Bonchev–Trinajstić information content (AvgIpc) is 1.96. The van der Waals surface area contributed by atoms with E-state index in [1.54, 1.807) is 0 Å². The Kier molecular flexibility index (Phi) is 4.62. The quantitative estimate of drug-likeness (QED) is 0.729. The van der Waals surface area contributed by atoms with E-state index in [0.29, 0.717) is 18.2 Å². The van der Waals surface area contributed by atoms with Crippen molar-refractivity contribution in [3.63, 3.8) is 0 Å². The molecule has 0 aliphatic carbocycles. The Labute approximate surface area is 81.9 Å². The number of Topliss-reactive ketones (excluding diaryl/α,β-unsaturated/α-hetero) is 1. The van der Waals surface area contributed by atoms with Crippen LogP contribution in [0, 0.1) is 17.3 Å². The summed E-state index contributed by atoms with van der Waals surface area (Å²) in [4.78, 5) is 11.9. The van der Waals surface area contributed by atoms with Crippen LogP contribution in [-0.4, -0.2) is 12.3 Å². The molecule has 0 radical (unpaired) electrons. The summed E-state index contributed by atoms with van der Waals surface area (Å²) in [7, 11) is 0. The molecule has 0 aromatic rings. The van der Waals surface area contributed by atoms with Crippen LogP contribution in [0.4, 0.5) is 0 Å².